The van der Waals surface area contributed by atoms with E-state index in [9.17, 15) is 9.90 Å². The van der Waals surface area contributed by atoms with E-state index in [1.165, 1.54) is 0 Å². The number of benzene rings is 1. The molecule has 1 N–H and O–H groups in total. The summed E-state index contributed by atoms with van der Waals surface area (Å²) in [7, 11) is 1.89. The number of rotatable bonds is 2. The molecule has 1 amide bonds. The summed E-state index contributed by atoms with van der Waals surface area (Å²) in [4.78, 5) is 16.3. The number of aliphatic hydroxyl groups is 1. The van der Waals surface area contributed by atoms with Crippen LogP contribution in [0.4, 0.5) is 5.69 Å². The second kappa shape index (κ2) is 6.03. The second-order valence-corrected chi connectivity index (χ2v) is 5.92. The standard InChI is InChI=1S/C14H19BrN2O2/c1-10-7-8-16(2)13(9-18)14(19)17(10)12-5-3-11(15)4-6-12/h3-6,10,13,18H,7-9H2,1-2H3. The fourth-order valence-corrected chi connectivity index (χ4v) is 2.71. The molecule has 1 saturated heterocycles. The van der Waals surface area contributed by atoms with Crippen molar-refractivity contribution in [1.82, 2.24) is 4.90 Å². The Kier molecular flexibility index (Phi) is 4.60. The lowest BCUT2D eigenvalue weighted by atomic mass is 10.1. The van der Waals surface area contributed by atoms with Crippen LogP contribution in [0.3, 0.4) is 0 Å². The summed E-state index contributed by atoms with van der Waals surface area (Å²) in [5.74, 6) is -0.0303. The molecule has 2 rings (SSSR count). The van der Waals surface area contributed by atoms with Gasteiger partial charge >= 0.3 is 0 Å². The quantitative estimate of drug-likeness (QED) is 0.902. The van der Waals surface area contributed by atoms with Crippen LogP contribution in [0, 0.1) is 0 Å². The van der Waals surface area contributed by atoms with Gasteiger partial charge in [0.15, 0.2) is 0 Å². The number of carbonyl (C=O) groups is 1. The summed E-state index contributed by atoms with van der Waals surface area (Å²) in [5.41, 5.74) is 0.884. The summed E-state index contributed by atoms with van der Waals surface area (Å²) in [6.07, 6.45) is 0.898. The molecule has 0 spiro atoms. The van der Waals surface area contributed by atoms with Crippen LogP contribution >= 0.6 is 15.9 Å². The first-order valence-electron chi connectivity index (χ1n) is 6.44. The largest absolute Gasteiger partial charge is 0.394 e. The summed E-state index contributed by atoms with van der Waals surface area (Å²) in [6.45, 7) is 2.72. The fraction of sp³-hybridized carbons (Fsp3) is 0.500. The van der Waals surface area contributed by atoms with Crippen molar-refractivity contribution in [3.63, 3.8) is 0 Å². The summed E-state index contributed by atoms with van der Waals surface area (Å²) in [6, 6.07) is 7.40. The van der Waals surface area contributed by atoms with E-state index < -0.39 is 6.04 Å². The molecular weight excluding hydrogens is 308 g/mol. The van der Waals surface area contributed by atoms with Crippen molar-refractivity contribution >= 4 is 27.5 Å². The minimum absolute atomic E-state index is 0.0303. The van der Waals surface area contributed by atoms with E-state index >= 15 is 0 Å². The van der Waals surface area contributed by atoms with Crippen LogP contribution in [0.5, 0.6) is 0 Å². The van der Waals surface area contributed by atoms with E-state index in [2.05, 4.69) is 15.9 Å². The number of likely N-dealkylation sites (N-methyl/N-ethyl adjacent to an activating group) is 1. The number of nitrogens with zero attached hydrogens (tertiary/aromatic N) is 2. The van der Waals surface area contributed by atoms with E-state index in [1.54, 1.807) is 4.90 Å². The average molecular weight is 327 g/mol. The molecule has 19 heavy (non-hydrogen) atoms. The van der Waals surface area contributed by atoms with Crippen molar-refractivity contribution in [2.45, 2.75) is 25.4 Å². The number of anilines is 1. The first kappa shape index (κ1) is 14.5. The van der Waals surface area contributed by atoms with Crippen LogP contribution in [-0.4, -0.2) is 48.2 Å². The highest BCUT2D eigenvalue weighted by Crippen LogP contribution is 2.25. The Morgan fingerprint density at radius 3 is 2.58 bits per heavy atom. The topological polar surface area (TPSA) is 43.8 Å². The van der Waals surface area contributed by atoms with Crippen molar-refractivity contribution in [2.75, 3.05) is 25.1 Å². The Hall–Kier alpha value is -0.910. The fourth-order valence-electron chi connectivity index (χ4n) is 2.44. The van der Waals surface area contributed by atoms with Crippen molar-refractivity contribution in [3.05, 3.63) is 28.7 Å². The van der Waals surface area contributed by atoms with Gasteiger partial charge in [0, 0.05) is 22.7 Å². The highest BCUT2D eigenvalue weighted by molar-refractivity contribution is 9.10. The summed E-state index contributed by atoms with van der Waals surface area (Å²) < 4.78 is 0.988. The smallest absolute Gasteiger partial charge is 0.246 e. The Morgan fingerprint density at radius 2 is 2.00 bits per heavy atom. The first-order valence-corrected chi connectivity index (χ1v) is 7.23. The Morgan fingerprint density at radius 1 is 1.37 bits per heavy atom. The first-order chi connectivity index (χ1) is 9.04. The number of amides is 1. The highest BCUT2D eigenvalue weighted by Gasteiger charge is 2.34. The van der Waals surface area contributed by atoms with Gasteiger partial charge < -0.3 is 10.0 Å². The molecule has 1 aliphatic rings. The van der Waals surface area contributed by atoms with E-state index in [4.69, 9.17) is 0 Å². The Balaban J connectivity index is 2.35. The van der Waals surface area contributed by atoms with Gasteiger partial charge in [-0.15, -0.1) is 0 Å². The highest BCUT2D eigenvalue weighted by atomic mass is 79.9. The van der Waals surface area contributed by atoms with Gasteiger partial charge in [-0.05, 0) is 44.7 Å². The van der Waals surface area contributed by atoms with Gasteiger partial charge in [-0.2, -0.15) is 0 Å². The molecule has 104 valence electrons. The maximum Gasteiger partial charge on any atom is 0.246 e. The third-order valence-electron chi connectivity index (χ3n) is 3.67. The average Bonchev–Trinajstić information content (AvgIpc) is 2.49. The Bertz CT molecular complexity index is 449. The maximum atomic E-state index is 12.6. The molecule has 0 aromatic heterocycles. The van der Waals surface area contributed by atoms with Gasteiger partial charge in [0.25, 0.3) is 0 Å². The minimum atomic E-state index is -0.450. The number of halogens is 1. The van der Waals surface area contributed by atoms with Gasteiger partial charge in [-0.3, -0.25) is 9.69 Å². The second-order valence-electron chi connectivity index (χ2n) is 5.00. The van der Waals surface area contributed by atoms with E-state index in [-0.39, 0.29) is 18.6 Å². The number of hydrogen-bond acceptors (Lipinski definition) is 3. The molecule has 1 aromatic rings. The molecule has 1 aliphatic heterocycles. The molecule has 1 heterocycles. The van der Waals surface area contributed by atoms with Gasteiger partial charge in [-0.1, -0.05) is 15.9 Å². The predicted molar refractivity (Wildman–Crippen MR) is 79.2 cm³/mol. The zero-order valence-corrected chi connectivity index (χ0v) is 12.8. The number of carbonyl (C=O) groups excluding carboxylic acids is 1. The molecule has 1 aromatic carbocycles. The number of aliphatic hydroxyl groups excluding tert-OH is 1. The predicted octanol–water partition coefficient (Wildman–Crippen LogP) is 1.87. The van der Waals surface area contributed by atoms with E-state index in [1.807, 2.05) is 43.1 Å². The van der Waals surface area contributed by atoms with Gasteiger partial charge in [0.2, 0.25) is 5.91 Å². The molecule has 0 bridgehead atoms. The normalized spacial score (nSPS) is 25.5. The van der Waals surface area contributed by atoms with Crippen LogP contribution in [-0.2, 0) is 4.79 Å². The summed E-state index contributed by atoms with van der Waals surface area (Å²) >= 11 is 3.40. The SMILES string of the molecule is CC1CCN(C)C(CO)C(=O)N1c1ccc(Br)cc1. The van der Waals surface area contributed by atoms with Crippen molar-refractivity contribution in [2.24, 2.45) is 0 Å². The Labute approximate surface area is 122 Å². The molecular formula is C14H19BrN2O2. The lowest BCUT2D eigenvalue weighted by Crippen LogP contribution is -2.48. The van der Waals surface area contributed by atoms with Crippen molar-refractivity contribution in [3.8, 4) is 0 Å². The van der Waals surface area contributed by atoms with Crippen LogP contribution in [0.15, 0.2) is 28.7 Å². The number of hydrogen-bond donors (Lipinski definition) is 1. The van der Waals surface area contributed by atoms with Crippen LogP contribution in [0.2, 0.25) is 0 Å². The van der Waals surface area contributed by atoms with Gasteiger partial charge in [0.1, 0.15) is 6.04 Å². The monoisotopic (exact) mass is 326 g/mol. The zero-order chi connectivity index (χ0) is 14.0. The van der Waals surface area contributed by atoms with Crippen molar-refractivity contribution in [1.29, 1.82) is 0 Å². The molecule has 0 saturated carbocycles. The van der Waals surface area contributed by atoms with Crippen molar-refractivity contribution < 1.29 is 9.90 Å². The summed E-state index contributed by atoms with van der Waals surface area (Å²) in [5, 5.41) is 9.46. The molecule has 1 fully saturated rings. The van der Waals surface area contributed by atoms with Gasteiger partial charge in [0.05, 0.1) is 6.61 Å². The van der Waals surface area contributed by atoms with E-state index in [0.29, 0.717) is 0 Å². The molecule has 2 unspecified atom stereocenters. The maximum absolute atomic E-state index is 12.6. The van der Waals surface area contributed by atoms with Gasteiger partial charge in [-0.25, -0.2) is 0 Å². The van der Waals surface area contributed by atoms with Crippen LogP contribution in [0.1, 0.15) is 13.3 Å². The minimum Gasteiger partial charge on any atom is -0.394 e. The van der Waals surface area contributed by atoms with Crippen LogP contribution < -0.4 is 4.90 Å². The lowest BCUT2D eigenvalue weighted by Gasteiger charge is -2.30. The van der Waals surface area contributed by atoms with Crippen LogP contribution in [0.25, 0.3) is 0 Å². The third kappa shape index (κ3) is 2.99. The lowest BCUT2D eigenvalue weighted by molar-refractivity contribution is -0.124. The molecule has 4 nitrogen and oxygen atoms in total. The molecule has 0 aliphatic carbocycles. The molecule has 2 atom stereocenters. The molecule has 0 radical (unpaired) electrons. The molecule has 5 heteroatoms. The third-order valence-corrected chi connectivity index (χ3v) is 4.20. The van der Waals surface area contributed by atoms with E-state index in [0.717, 1.165) is 23.1 Å². The zero-order valence-electron chi connectivity index (χ0n) is 11.2.